The van der Waals surface area contributed by atoms with Crippen LogP contribution in [0.15, 0.2) is 30.3 Å². The Balaban J connectivity index is 2.35. The number of rotatable bonds is 8. The SMILES string of the molecule is CCC(CC)(CBr)CNC(=O)COc1ccccc1. The fourth-order valence-electron chi connectivity index (χ4n) is 1.74. The lowest BCUT2D eigenvalue weighted by atomic mass is 9.84. The van der Waals surface area contributed by atoms with Gasteiger partial charge in [-0.3, -0.25) is 4.79 Å². The van der Waals surface area contributed by atoms with Crippen molar-refractivity contribution in [1.29, 1.82) is 0 Å². The Hall–Kier alpha value is -1.03. The number of hydrogen-bond acceptors (Lipinski definition) is 2. The molecule has 0 radical (unpaired) electrons. The molecule has 0 unspecified atom stereocenters. The third-order valence-electron chi connectivity index (χ3n) is 3.56. The summed E-state index contributed by atoms with van der Waals surface area (Å²) in [6.07, 6.45) is 2.07. The van der Waals surface area contributed by atoms with Gasteiger partial charge < -0.3 is 10.1 Å². The summed E-state index contributed by atoms with van der Waals surface area (Å²) in [5.74, 6) is 0.645. The van der Waals surface area contributed by atoms with E-state index >= 15 is 0 Å². The van der Waals surface area contributed by atoms with Crippen molar-refractivity contribution < 1.29 is 9.53 Å². The lowest BCUT2D eigenvalue weighted by molar-refractivity contribution is -0.123. The second kappa shape index (κ2) is 8.20. The molecule has 1 N–H and O–H groups in total. The molecule has 0 saturated carbocycles. The maximum atomic E-state index is 11.8. The molecule has 0 bridgehead atoms. The van der Waals surface area contributed by atoms with Gasteiger partial charge >= 0.3 is 0 Å². The van der Waals surface area contributed by atoms with E-state index in [9.17, 15) is 4.79 Å². The van der Waals surface area contributed by atoms with E-state index in [2.05, 4.69) is 35.1 Å². The zero-order valence-corrected chi connectivity index (χ0v) is 13.2. The first-order valence-corrected chi connectivity index (χ1v) is 7.78. The number of carbonyl (C=O) groups is 1. The molecule has 19 heavy (non-hydrogen) atoms. The maximum absolute atomic E-state index is 11.8. The molecule has 0 saturated heterocycles. The Labute approximate surface area is 123 Å². The number of nitrogens with one attached hydrogen (secondary N) is 1. The number of amides is 1. The Kier molecular flexibility index (Phi) is 6.92. The highest BCUT2D eigenvalue weighted by Crippen LogP contribution is 2.27. The van der Waals surface area contributed by atoms with Gasteiger partial charge in [-0.05, 0) is 30.4 Å². The van der Waals surface area contributed by atoms with Crippen molar-refractivity contribution in [1.82, 2.24) is 5.32 Å². The minimum atomic E-state index is -0.0731. The van der Waals surface area contributed by atoms with E-state index in [1.807, 2.05) is 30.3 Å². The fraction of sp³-hybridized carbons (Fsp3) is 0.533. The average Bonchev–Trinajstić information content (AvgIpc) is 2.48. The Morgan fingerprint density at radius 1 is 1.26 bits per heavy atom. The number of carbonyl (C=O) groups excluding carboxylic acids is 1. The summed E-state index contributed by atoms with van der Waals surface area (Å²) in [4.78, 5) is 11.8. The summed E-state index contributed by atoms with van der Waals surface area (Å²) < 4.78 is 5.41. The van der Waals surface area contributed by atoms with Crippen LogP contribution in [0.1, 0.15) is 26.7 Å². The highest BCUT2D eigenvalue weighted by Gasteiger charge is 2.25. The maximum Gasteiger partial charge on any atom is 0.257 e. The third kappa shape index (κ3) is 5.23. The monoisotopic (exact) mass is 327 g/mol. The number of para-hydroxylation sites is 1. The molecule has 0 aliphatic rings. The highest BCUT2D eigenvalue weighted by atomic mass is 79.9. The van der Waals surface area contributed by atoms with Gasteiger partial charge in [-0.25, -0.2) is 0 Å². The lowest BCUT2D eigenvalue weighted by Gasteiger charge is -2.29. The van der Waals surface area contributed by atoms with Crippen LogP contribution in [0.25, 0.3) is 0 Å². The molecule has 1 aromatic rings. The summed E-state index contributed by atoms with van der Waals surface area (Å²) in [5, 5.41) is 3.85. The topological polar surface area (TPSA) is 38.3 Å². The molecule has 0 atom stereocenters. The number of benzene rings is 1. The van der Waals surface area contributed by atoms with Crippen molar-refractivity contribution in [2.75, 3.05) is 18.5 Å². The van der Waals surface area contributed by atoms with E-state index in [0.29, 0.717) is 6.54 Å². The second-order valence-electron chi connectivity index (χ2n) is 4.72. The van der Waals surface area contributed by atoms with Crippen LogP contribution in [0.2, 0.25) is 0 Å². The number of ether oxygens (including phenoxy) is 1. The Morgan fingerprint density at radius 2 is 1.89 bits per heavy atom. The standard InChI is InChI=1S/C15H22BrNO2/c1-3-15(4-2,11-16)12-17-14(18)10-19-13-8-6-5-7-9-13/h5-9H,3-4,10-12H2,1-2H3,(H,17,18). The van der Waals surface area contributed by atoms with Gasteiger partial charge in [0.2, 0.25) is 0 Å². The Bertz CT molecular complexity index is 369. The van der Waals surface area contributed by atoms with Crippen molar-refractivity contribution in [3.05, 3.63) is 30.3 Å². The van der Waals surface area contributed by atoms with Crippen molar-refractivity contribution >= 4 is 21.8 Å². The van der Waals surface area contributed by atoms with E-state index in [-0.39, 0.29) is 17.9 Å². The molecule has 0 aromatic heterocycles. The van der Waals surface area contributed by atoms with Gasteiger partial charge in [-0.2, -0.15) is 0 Å². The molecular weight excluding hydrogens is 306 g/mol. The molecule has 4 heteroatoms. The molecule has 0 heterocycles. The van der Waals surface area contributed by atoms with Gasteiger partial charge in [0.1, 0.15) is 5.75 Å². The third-order valence-corrected chi connectivity index (χ3v) is 4.75. The molecular formula is C15H22BrNO2. The van der Waals surface area contributed by atoms with Crippen LogP contribution in [-0.2, 0) is 4.79 Å². The molecule has 0 aliphatic heterocycles. The van der Waals surface area contributed by atoms with Gasteiger partial charge in [0.25, 0.3) is 5.91 Å². The summed E-state index contributed by atoms with van der Waals surface area (Å²) in [6, 6.07) is 9.37. The molecule has 1 rings (SSSR count). The van der Waals surface area contributed by atoms with Gasteiger partial charge in [0, 0.05) is 11.9 Å². The summed E-state index contributed by atoms with van der Waals surface area (Å²) in [6.45, 7) is 5.05. The van der Waals surface area contributed by atoms with E-state index < -0.39 is 0 Å². The van der Waals surface area contributed by atoms with Crippen LogP contribution in [0.5, 0.6) is 5.75 Å². The normalized spacial score (nSPS) is 11.1. The predicted molar refractivity (Wildman–Crippen MR) is 81.8 cm³/mol. The van der Waals surface area contributed by atoms with Crippen LogP contribution >= 0.6 is 15.9 Å². The number of halogens is 1. The molecule has 0 fully saturated rings. The minimum absolute atomic E-state index is 0.0653. The first-order valence-electron chi connectivity index (χ1n) is 6.66. The Morgan fingerprint density at radius 3 is 2.42 bits per heavy atom. The molecule has 0 aliphatic carbocycles. The molecule has 106 valence electrons. The highest BCUT2D eigenvalue weighted by molar-refractivity contribution is 9.09. The molecule has 1 amide bonds. The largest absolute Gasteiger partial charge is 0.484 e. The zero-order valence-electron chi connectivity index (χ0n) is 11.6. The first-order chi connectivity index (χ1) is 9.15. The van der Waals surface area contributed by atoms with E-state index in [4.69, 9.17) is 4.74 Å². The van der Waals surface area contributed by atoms with Gasteiger partial charge in [-0.15, -0.1) is 0 Å². The first kappa shape index (κ1) is 16.0. The molecule has 1 aromatic carbocycles. The van der Waals surface area contributed by atoms with Crippen molar-refractivity contribution in [3.8, 4) is 5.75 Å². The number of alkyl halides is 1. The minimum Gasteiger partial charge on any atom is -0.484 e. The zero-order chi connectivity index (χ0) is 14.1. The van der Waals surface area contributed by atoms with Crippen LogP contribution in [0.3, 0.4) is 0 Å². The van der Waals surface area contributed by atoms with Gasteiger partial charge in [0.15, 0.2) is 6.61 Å². The smallest absolute Gasteiger partial charge is 0.257 e. The van der Waals surface area contributed by atoms with Crippen LogP contribution in [0, 0.1) is 5.41 Å². The van der Waals surface area contributed by atoms with Crippen molar-refractivity contribution in [3.63, 3.8) is 0 Å². The van der Waals surface area contributed by atoms with E-state index in [0.717, 1.165) is 23.9 Å². The second-order valence-corrected chi connectivity index (χ2v) is 5.28. The summed E-state index contributed by atoms with van der Waals surface area (Å²) >= 11 is 3.54. The number of hydrogen-bond donors (Lipinski definition) is 1. The van der Waals surface area contributed by atoms with E-state index in [1.165, 1.54) is 0 Å². The molecule has 0 spiro atoms. The van der Waals surface area contributed by atoms with Crippen LogP contribution in [-0.4, -0.2) is 24.4 Å². The van der Waals surface area contributed by atoms with Gasteiger partial charge in [0.05, 0.1) is 0 Å². The lowest BCUT2D eigenvalue weighted by Crippen LogP contribution is -2.40. The quantitative estimate of drug-likeness (QED) is 0.743. The fourth-order valence-corrected chi connectivity index (χ4v) is 2.73. The molecule has 3 nitrogen and oxygen atoms in total. The van der Waals surface area contributed by atoms with Gasteiger partial charge in [-0.1, -0.05) is 48.0 Å². The summed E-state index contributed by atoms with van der Waals surface area (Å²) in [7, 11) is 0. The van der Waals surface area contributed by atoms with Crippen molar-refractivity contribution in [2.24, 2.45) is 5.41 Å². The predicted octanol–water partition coefficient (Wildman–Crippen LogP) is 3.38. The van der Waals surface area contributed by atoms with Crippen LogP contribution < -0.4 is 10.1 Å². The van der Waals surface area contributed by atoms with Crippen molar-refractivity contribution in [2.45, 2.75) is 26.7 Å². The van der Waals surface area contributed by atoms with Crippen LogP contribution in [0.4, 0.5) is 0 Å². The summed E-state index contributed by atoms with van der Waals surface area (Å²) in [5.41, 5.74) is 0.141. The van der Waals surface area contributed by atoms with E-state index in [1.54, 1.807) is 0 Å². The average molecular weight is 328 g/mol.